The summed E-state index contributed by atoms with van der Waals surface area (Å²) >= 11 is 0. The summed E-state index contributed by atoms with van der Waals surface area (Å²) in [4.78, 5) is 0. The van der Waals surface area contributed by atoms with Crippen molar-refractivity contribution in [3.63, 3.8) is 0 Å². The summed E-state index contributed by atoms with van der Waals surface area (Å²) in [5.74, 6) is 0.0878. The largest absolute Gasteiger partial charge is 0.494 e. The van der Waals surface area contributed by atoms with Crippen molar-refractivity contribution in [1.82, 2.24) is 5.32 Å². The van der Waals surface area contributed by atoms with E-state index in [2.05, 4.69) is 12.2 Å². The van der Waals surface area contributed by atoms with E-state index >= 15 is 0 Å². The summed E-state index contributed by atoms with van der Waals surface area (Å²) in [6.45, 7) is 8.41. The van der Waals surface area contributed by atoms with Gasteiger partial charge in [-0.3, -0.25) is 0 Å². The lowest BCUT2D eigenvalue weighted by atomic mass is 9.88. The smallest absolute Gasteiger partial charge is 0.165 e. The maximum Gasteiger partial charge on any atom is 0.165 e. The van der Waals surface area contributed by atoms with E-state index in [9.17, 15) is 9.50 Å². The first-order valence-corrected chi connectivity index (χ1v) is 7.11. The van der Waals surface area contributed by atoms with Crippen LogP contribution in [0.2, 0.25) is 0 Å². The molecule has 0 spiro atoms. The second kappa shape index (κ2) is 7.04. The Kier molecular flexibility index (Phi) is 5.96. The first kappa shape index (κ1) is 16.9. The number of benzene rings is 1. The molecular formula is C16H26FNO2. The fraction of sp³-hybridized carbons (Fsp3) is 0.625. The summed E-state index contributed by atoms with van der Waals surface area (Å²) in [6, 6.07) is 4.83. The Morgan fingerprint density at radius 3 is 2.60 bits per heavy atom. The number of methoxy groups -OCH3 is 1. The molecule has 3 atom stereocenters. The van der Waals surface area contributed by atoms with Crippen LogP contribution in [-0.2, 0) is 0 Å². The molecule has 3 nitrogen and oxygen atoms in total. The average Bonchev–Trinajstić information content (AvgIpc) is 2.44. The second-order valence-electron chi connectivity index (χ2n) is 5.66. The van der Waals surface area contributed by atoms with Gasteiger partial charge in [0.1, 0.15) is 0 Å². The third-order valence-electron chi connectivity index (χ3n) is 4.12. The van der Waals surface area contributed by atoms with Crippen LogP contribution in [0.5, 0.6) is 5.75 Å². The van der Waals surface area contributed by atoms with Gasteiger partial charge in [0.05, 0.1) is 12.7 Å². The molecule has 0 amide bonds. The van der Waals surface area contributed by atoms with Gasteiger partial charge < -0.3 is 15.2 Å². The number of hydrogen-bond donors (Lipinski definition) is 2. The zero-order chi connectivity index (χ0) is 15.3. The Morgan fingerprint density at radius 1 is 1.40 bits per heavy atom. The van der Waals surface area contributed by atoms with E-state index in [0.29, 0.717) is 6.54 Å². The molecular weight excluding hydrogens is 257 g/mol. The monoisotopic (exact) mass is 283 g/mol. The molecule has 0 aromatic heterocycles. The Morgan fingerprint density at radius 2 is 2.05 bits per heavy atom. The molecule has 4 heteroatoms. The number of aliphatic hydroxyl groups is 1. The van der Waals surface area contributed by atoms with E-state index in [1.54, 1.807) is 12.1 Å². The second-order valence-corrected chi connectivity index (χ2v) is 5.66. The normalized spacial score (nSPS) is 17.4. The minimum atomic E-state index is -0.757. The number of ether oxygens (including phenoxy) is 1. The van der Waals surface area contributed by atoms with Gasteiger partial charge in [-0.1, -0.05) is 26.3 Å². The van der Waals surface area contributed by atoms with E-state index in [4.69, 9.17) is 4.74 Å². The third-order valence-corrected chi connectivity index (χ3v) is 4.12. The van der Waals surface area contributed by atoms with E-state index < -0.39 is 5.60 Å². The van der Waals surface area contributed by atoms with Crippen LogP contribution >= 0.6 is 0 Å². The van der Waals surface area contributed by atoms with Crippen molar-refractivity contribution in [2.24, 2.45) is 5.92 Å². The molecule has 0 aliphatic heterocycles. The van der Waals surface area contributed by atoms with Crippen molar-refractivity contribution in [3.05, 3.63) is 29.6 Å². The fourth-order valence-corrected chi connectivity index (χ4v) is 2.04. The standard InChI is InChI=1S/C16H26FNO2/c1-6-11(2)16(4,19)10-18-12(3)13-7-8-14(17)15(9-13)20-5/h7-9,11-12,18-19H,6,10H2,1-5H3. The Labute approximate surface area is 121 Å². The SMILES string of the molecule is CCC(C)C(C)(O)CNC(C)c1ccc(F)c(OC)c1. The summed E-state index contributed by atoms with van der Waals surface area (Å²) in [5, 5.41) is 13.7. The highest BCUT2D eigenvalue weighted by Crippen LogP contribution is 2.24. The van der Waals surface area contributed by atoms with Gasteiger partial charge in [0, 0.05) is 12.6 Å². The Bertz CT molecular complexity index is 434. The summed E-state index contributed by atoms with van der Waals surface area (Å²) in [7, 11) is 1.45. The quantitative estimate of drug-likeness (QED) is 0.807. The van der Waals surface area contributed by atoms with Crippen LogP contribution in [0, 0.1) is 11.7 Å². The molecule has 0 aliphatic rings. The van der Waals surface area contributed by atoms with Crippen LogP contribution in [0.1, 0.15) is 45.7 Å². The molecule has 0 saturated heterocycles. The molecule has 1 aromatic rings. The predicted octanol–water partition coefficient (Wildman–Crippen LogP) is 3.28. The van der Waals surface area contributed by atoms with E-state index in [1.807, 2.05) is 20.8 Å². The third kappa shape index (κ3) is 4.18. The van der Waals surface area contributed by atoms with Crippen LogP contribution in [-0.4, -0.2) is 24.4 Å². The Hall–Kier alpha value is -1.13. The zero-order valence-electron chi connectivity index (χ0n) is 13.0. The molecule has 2 N–H and O–H groups in total. The minimum absolute atomic E-state index is 0.0139. The summed E-state index contributed by atoms with van der Waals surface area (Å²) < 4.78 is 18.4. The van der Waals surface area contributed by atoms with Gasteiger partial charge in [-0.05, 0) is 37.5 Å². The summed E-state index contributed by atoms with van der Waals surface area (Å²) in [6.07, 6.45) is 0.924. The van der Waals surface area contributed by atoms with Gasteiger partial charge in [-0.25, -0.2) is 4.39 Å². The highest BCUT2D eigenvalue weighted by Gasteiger charge is 2.27. The highest BCUT2D eigenvalue weighted by molar-refractivity contribution is 5.31. The van der Waals surface area contributed by atoms with Crippen LogP contribution in [0.3, 0.4) is 0 Å². The van der Waals surface area contributed by atoms with Crippen LogP contribution in [0.15, 0.2) is 18.2 Å². The van der Waals surface area contributed by atoms with Crippen LogP contribution < -0.4 is 10.1 Å². The van der Waals surface area contributed by atoms with Gasteiger partial charge in [0.15, 0.2) is 11.6 Å². The van der Waals surface area contributed by atoms with Crippen molar-refractivity contribution in [3.8, 4) is 5.75 Å². The first-order chi connectivity index (χ1) is 9.31. The van der Waals surface area contributed by atoms with Gasteiger partial charge in [0.2, 0.25) is 0 Å². The number of hydrogen-bond acceptors (Lipinski definition) is 3. The maximum absolute atomic E-state index is 13.4. The molecule has 1 rings (SSSR count). The highest BCUT2D eigenvalue weighted by atomic mass is 19.1. The molecule has 114 valence electrons. The van der Waals surface area contributed by atoms with E-state index in [-0.39, 0.29) is 23.5 Å². The molecule has 0 heterocycles. The lowest BCUT2D eigenvalue weighted by Crippen LogP contribution is -2.43. The van der Waals surface area contributed by atoms with Crippen molar-refractivity contribution >= 4 is 0 Å². The van der Waals surface area contributed by atoms with Crippen molar-refractivity contribution in [1.29, 1.82) is 0 Å². The number of nitrogens with one attached hydrogen (secondary N) is 1. The maximum atomic E-state index is 13.4. The van der Waals surface area contributed by atoms with Crippen molar-refractivity contribution in [2.75, 3.05) is 13.7 Å². The predicted molar refractivity (Wildman–Crippen MR) is 79.4 cm³/mol. The zero-order valence-corrected chi connectivity index (χ0v) is 13.0. The average molecular weight is 283 g/mol. The van der Waals surface area contributed by atoms with Gasteiger partial charge in [0.25, 0.3) is 0 Å². The fourth-order valence-electron chi connectivity index (χ4n) is 2.04. The summed E-state index contributed by atoms with van der Waals surface area (Å²) in [5.41, 5.74) is 0.177. The van der Waals surface area contributed by atoms with Crippen molar-refractivity contribution in [2.45, 2.75) is 45.8 Å². The van der Waals surface area contributed by atoms with Gasteiger partial charge in [-0.2, -0.15) is 0 Å². The molecule has 0 aliphatic carbocycles. The topological polar surface area (TPSA) is 41.5 Å². The molecule has 20 heavy (non-hydrogen) atoms. The molecule has 0 saturated carbocycles. The van der Waals surface area contributed by atoms with E-state index in [0.717, 1.165) is 12.0 Å². The molecule has 0 radical (unpaired) electrons. The number of halogens is 1. The minimum Gasteiger partial charge on any atom is -0.494 e. The lowest BCUT2D eigenvalue weighted by Gasteiger charge is -2.31. The van der Waals surface area contributed by atoms with Gasteiger partial charge in [-0.15, -0.1) is 0 Å². The van der Waals surface area contributed by atoms with Crippen LogP contribution in [0.25, 0.3) is 0 Å². The molecule has 0 fully saturated rings. The molecule has 1 aromatic carbocycles. The molecule has 0 bridgehead atoms. The van der Waals surface area contributed by atoms with E-state index in [1.165, 1.54) is 13.2 Å². The van der Waals surface area contributed by atoms with Crippen molar-refractivity contribution < 1.29 is 14.2 Å². The lowest BCUT2D eigenvalue weighted by molar-refractivity contribution is 0.00364. The number of rotatable bonds is 7. The van der Waals surface area contributed by atoms with Gasteiger partial charge >= 0.3 is 0 Å². The van der Waals surface area contributed by atoms with Crippen LogP contribution in [0.4, 0.5) is 4.39 Å². The first-order valence-electron chi connectivity index (χ1n) is 7.11. The molecule has 3 unspecified atom stereocenters. The Balaban J connectivity index is 2.70.